The van der Waals surface area contributed by atoms with E-state index in [9.17, 15) is 13.2 Å². The van der Waals surface area contributed by atoms with Crippen LogP contribution in [0.5, 0.6) is 0 Å². The molecule has 0 atom stereocenters. The average Bonchev–Trinajstić information content (AvgIpc) is 2.71. The van der Waals surface area contributed by atoms with Crippen molar-refractivity contribution in [2.45, 2.75) is 11.3 Å². The van der Waals surface area contributed by atoms with Crippen LogP contribution in [0.4, 0.5) is 0 Å². The number of rotatable bonds is 6. The number of aliphatic hydroxyl groups excluding tert-OH is 1. The summed E-state index contributed by atoms with van der Waals surface area (Å²) >= 11 is 4.09. The molecular formula is C9H12BrNO5S2. The minimum absolute atomic E-state index is 0.00848. The zero-order chi connectivity index (χ0) is 13.8. The van der Waals surface area contributed by atoms with E-state index >= 15 is 0 Å². The molecule has 0 radical (unpaired) electrons. The summed E-state index contributed by atoms with van der Waals surface area (Å²) in [5.74, 6) is -0.586. The summed E-state index contributed by atoms with van der Waals surface area (Å²) in [6, 6.07) is 1.25. The lowest BCUT2D eigenvalue weighted by Crippen LogP contribution is -2.25. The van der Waals surface area contributed by atoms with E-state index in [0.717, 1.165) is 11.3 Å². The molecule has 1 aromatic rings. The lowest BCUT2D eigenvalue weighted by atomic mass is 10.5. The Morgan fingerprint density at radius 1 is 1.61 bits per heavy atom. The highest BCUT2D eigenvalue weighted by Crippen LogP contribution is 2.31. The third-order valence-electron chi connectivity index (χ3n) is 1.96. The first-order valence-corrected chi connectivity index (χ1v) is 8.00. The molecule has 6 nitrogen and oxygen atoms in total. The Bertz CT molecular complexity index is 525. The molecule has 2 N–H and O–H groups in total. The Hall–Kier alpha value is -0.480. The number of aliphatic hydroxyl groups is 1. The highest BCUT2D eigenvalue weighted by atomic mass is 79.9. The molecule has 0 saturated heterocycles. The van der Waals surface area contributed by atoms with Gasteiger partial charge >= 0.3 is 5.97 Å². The zero-order valence-corrected chi connectivity index (χ0v) is 12.7. The monoisotopic (exact) mass is 357 g/mol. The molecule has 0 bridgehead atoms. The number of carbonyl (C=O) groups is 1. The van der Waals surface area contributed by atoms with Crippen molar-refractivity contribution >= 4 is 43.3 Å². The predicted molar refractivity (Wildman–Crippen MR) is 70.2 cm³/mol. The molecule has 18 heavy (non-hydrogen) atoms. The van der Waals surface area contributed by atoms with Crippen molar-refractivity contribution in [1.29, 1.82) is 0 Å². The zero-order valence-electron chi connectivity index (χ0n) is 9.47. The summed E-state index contributed by atoms with van der Waals surface area (Å²) in [4.78, 5) is 11.5. The number of thiophene rings is 1. The van der Waals surface area contributed by atoms with Gasteiger partial charge in [-0.25, -0.2) is 17.9 Å². The fourth-order valence-electron chi connectivity index (χ4n) is 1.10. The Labute approximate surface area is 117 Å². The van der Waals surface area contributed by atoms with Crippen LogP contribution in [0.3, 0.4) is 0 Å². The first kappa shape index (κ1) is 15.6. The number of carbonyl (C=O) groups excluding carboxylic acids is 1. The first-order valence-electron chi connectivity index (χ1n) is 4.90. The molecule has 102 valence electrons. The Morgan fingerprint density at radius 3 is 2.83 bits per heavy atom. The summed E-state index contributed by atoms with van der Waals surface area (Å²) in [5, 5.41) is 8.59. The van der Waals surface area contributed by atoms with E-state index in [4.69, 9.17) is 5.11 Å². The number of methoxy groups -OCH3 is 1. The van der Waals surface area contributed by atoms with Crippen LogP contribution in [0.1, 0.15) is 16.1 Å². The number of nitrogens with one attached hydrogen (secondary N) is 1. The quantitative estimate of drug-likeness (QED) is 0.584. The Balaban J connectivity index is 2.95. The number of halogens is 1. The SMILES string of the molecule is COC(=O)c1cc(S(=O)(=O)NCCCO)c(Br)s1. The van der Waals surface area contributed by atoms with Crippen LogP contribution in [-0.4, -0.2) is 39.8 Å². The van der Waals surface area contributed by atoms with Gasteiger partial charge in [0.2, 0.25) is 10.0 Å². The number of hydrogen-bond acceptors (Lipinski definition) is 6. The molecule has 0 spiro atoms. The summed E-state index contributed by atoms with van der Waals surface area (Å²) in [5.41, 5.74) is 0. The molecule has 0 aliphatic heterocycles. The fraction of sp³-hybridized carbons (Fsp3) is 0.444. The maximum absolute atomic E-state index is 11.9. The highest BCUT2D eigenvalue weighted by molar-refractivity contribution is 9.11. The van der Waals surface area contributed by atoms with Gasteiger partial charge in [-0.05, 0) is 28.4 Å². The van der Waals surface area contributed by atoms with Gasteiger partial charge in [0.25, 0.3) is 0 Å². The van der Waals surface area contributed by atoms with Crippen molar-refractivity contribution in [1.82, 2.24) is 4.72 Å². The van der Waals surface area contributed by atoms with Crippen molar-refractivity contribution in [2.75, 3.05) is 20.3 Å². The van der Waals surface area contributed by atoms with Crippen LogP contribution in [0.15, 0.2) is 14.7 Å². The second-order valence-electron chi connectivity index (χ2n) is 3.22. The fourth-order valence-corrected chi connectivity index (χ4v) is 4.65. The van der Waals surface area contributed by atoms with Crippen molar-refractivity contribution in [2.24, 2.45) is 0 Å². The third kappa shape index (κ3) is 3.75. The Morgan fingerprint density at radius 2 is 2.28 bits per heavy atom. The molecule has 1 rings (SSSR count). The molecule has 0 aliphatic carbocycles. The average molecular weight is 358 g/mol. The summed E-state index contributed by atoms with van der Waals surface area (Å²) in [6.45, 7) is 0.0371. The standard InChI is InChI=1S/C9H12BrNO5S2/c1-16-9(13)6-5-7(8(10)17-6)18(14,15)11-3-2-4-12/h5,11-12H,2-4H2,1H3. The van der Waals surface area contributed by atoms with E-state index in [1.165, 1.54) is 13.2 Å². The normalized spacial score (nSPS) is 11.5. The molecule has 1 aromatic heterocycles. The second kappa shape index (κ2) is 6.62. The molecule has 0 amide bonds. The first-order chi connectivity index (χ1) is 8.42. The van der Waals surface area contributed by atoms with Gasteiger partial charge in [-0.2, -0.15) is 0 Å². The topological polar surface area (TPSA) is 92.7 Å². The van der Waals surface area contributed by atoms with Gasteiger partial charge in [-0.1, -0.05) is 0 Å². The van der Waals surface area contributed by atoms with Crippen molar-refractivity contribution < 1.29 is 23.1 Å². The van der Waals surface area contributed by atoms with Crippen molar-refractivity contribution in [3.63, 3.8) is 0 Å². The maximum atomic E-state index is 11.9. The maximum Gasteiger partial charge on any atom is 0.348 e. The van der Waals surface area contributed by atoms with Gasteiger partial charge in [0.05, 0.1) is 10.9 Å². The number of hydrogen-bond donors (Lipinski definition) is 2. The van der Waals surface area contributed by atoms with Crippen LogP contribution in [-0.2, 0) is 14.8 Å². The largest absolute Gasteiger partial charge is 0.465 e. The van der Waals surface area contributed by atoms with E-state index in [2.05, 4.69) is 25.4 Å². The van der Waals surface area contributed by atoms with Gasteiger partial charge in [0.15, 0.2) is 0 Å². The molecule has 0 saturated carbocycles. The smallest absolute Gasteiger partial charge is 0.348 e. The molecule has 0 aliphatic rings. The third-order valence-corrected chi connectivity index (χ3v) is 5.65. The number of sulfonamides is 1. The van der Waals surface area contributed by atoms with Gasteiger partial charge in [-0.3, -0.25) is 0 Å². The molecule has 9 heteroatoms. The number of ether oxygens (including phenoxy) is 1. The van der Waals surface area contributed by atoms with Crippen LogP contribution in [0, 0.1) is 0 Å². The van der Waals surface area contributed by atoms with Gasteiger partial charge in [-0.15, -0.1) is 11.3 Å². The highest BCUT2D eigenvalue weighted by Gasteiger charge is 2.23. The lowest BCUT2D eigenvalue weighted by molar-refractivity contribution is 0.0606. The van der Waals surface area contributed by atoms with Gasteiger partial charge in [0.1, 0.15) is 9.77 Å². The second-order valence-corrected chi connectivity index (χ2v) is 7.32. The summed E-state index contributed by atoms with van der Waals surface area (Å²) in [7, 11) is -2.46. The van der Waals surface area contributed by atoms with E-state index in [-0.39, 0.29) is 22.9 Å². The minimum Gasteiger partial charge on any atom is -0.465 e. The van der Waals surface area contributed by atoms with Crippen LogP contribution >= 0.6 is 27.3 Å². The van der Waals surface area contributed by atoms with Crippen LogP contribution in [0.2, 0.25) is 0 Å². The van der Waals surface area contributed by atoms with Crippen molar-refractivity contribution in [3.8, 4) is 0 Å². The summed E-state index contributed by atoms with van der Waals surface area (Å²) < 4.78 is 30.9. The predicted octanol–water partition coefficient (Wildman–Crippen LogP) is 0.958. The van der Waals surface area contributed by atoms with E-state index in [1.807, 2.05) is 0 Å². The minimum atomic E-state index is -3.69. The van der Waals surface area contributed by atoms with E-state index in [0.29, 0.717) is 10.2 Å². The molecule has 0 unspecified atom stereocenters. The summed E-state index contributed by atoms with van der Waals surface area (Å²) in [6.07, 6.45) is 0.324. The van der Waals surface area contributed by atoms with Crippen LogP contribution < -0.4 is 4.72 Å². The molecular weight excluding hydrogens is 346 g/mol. The lowest BCUT2D eigenvalue weighted by Gasteiger charge is -2.03. The van der Waals surface area contributed by atoms with E-state index in [1.54, 1.807) is 0 Å². The van der Waals surface area contributed by atoms with Gasteiger partial charge in [0, 0.05) is 13.2 Å². The van der Waals surface area contributed by atoms with Crippen LogP contribution in [0.25, 0.3) is 0 Å². The molecule has 1 heterocycles. The molecule has 0 fully saturated rings. The number of esters is 1. The van der Waals surface area contributed by atoms with Crippen molar-refractivity contribution in [3.05, 3.63) is 14.7 Å². The van der Waals surface area contributed by atoms with Gasteiger partial charge < -0.3 is 9.84 Å². The Kier molecular flexibility index (Phi) is 5.73. The van der Waals surface area contributed by atoms with E-state index < -0.39 is 16.0 Å². The molecule has 0 aromatic carbocycles.